The number of rotatable bonds is 4. The van der Waals surface area contributed by atoms with Gasteiger partial charge in [-0.25, -0.2) is 0 Å². The molecule has 1 unspecified atom stereocenters. The van der Waals surface area contributed by atoms with Gasteiger partial charge < -0.3 is 15.5 Å². The second-order valence-electron chi connectivity index (χ2n) is 8.76. The number of fused-ring (bicyclic) bond motifs is 1. The van der Waals surface area contributed by atoms with Crippen LogP contribution >= 0.6 is 0 Å². The SMILES string of the molecule is Cc1ccc(N2CC(C(=O)Nc3ccc(C(=O)N4CC(=O)Nc5ccccc54)cc3)CC2=O)cc1. The molecule has 2 aliphatic heterocycles. The zero-order valence-corrected chi connectivity index (χ0v) is 19.2. The summed E-state index contributed by atoms with van der Waals surface area (Å²) in [6.45, 7) is 2.23. The maximum absolute atomic E-state index is 13.1. The van der Waals surface area contributed by atoms with Crippen molar-refractivity contribution >= 4 is 46.4 Å². The van der Waals surface area contributed by atoms with E-state index in [1.807, 2.05) is 37.3 Å². The van der Waals surface area contributed by atoms with E-state index < -0.39 is 5.92 Å². The molecule has 0 saturated carbocycles. The fourth-order valence-corrected chi connectivity index (χ4v) is 4.37. The molecule has 0 bridgehead atoms. The third-order valence-electron chi connectivity index (χ3n) is 6.26. The molecule has 1 fully saturated rings. The molecule has 0 aliphatic carbocycles. The molecule has 0 radical (unpaired) electrons. The number of carbonyl (C=O) groups is 4. The maximum Gasteiger partial charge on any atom is 0.258 e. The summed E-state index contributed by atoms with van der Waals surface area (Å²) in [4.78, 5) is 53.5. The van der Waals surface area contributed by atoms with Crippen molar-refractivity contribution in [1.29, 1.82) is 0 Å². The fraction of sp³-hybridized carbons (Fsp3) is 0.185. The molecule has 35 heavy (non-hydrogen) atoms. The molecule has 2 aliphatic rings. The summed E-state index contributed by atoms with van der Waals surface area (Å²) in [6, 6.07) is 21.3. The molecule has 2 N–H and O–H groups in total. The average molecular weight is 469 g/mol. The van der Waals surface area contributed by atoms with Crippen molar-refractivity contribution in [1.82, 2.24) is 0 Å². The number of nitrogens with one attached hydrogen (secondary N) is 2. The van der Waals surface area contributed by atoms with Gasteiger partial charge in [-0.2, -0.15) is 0 Å². The van der Waals surface area contributed by atoms with Gasteiger partial charge in [0.15, 0.2) is 0 Å². The minimum absolute atomic E-state index is 0.0679. The van der Waals surface area contributed by atoms with E-state index in [-0.39, 0.29) is 36.6 Å². The lowest BCUT2D eigenvalue weighted by Crippen LogP contribution is -2.42. The molecule has 3 aromatic rings. The number of para-hydroxylation sites is 2. The summed E-state index contributed by atoms with van der Waals surface area (Å²) < 4.78 is 0. The van der Waals surface area contributed by atoms with Gasteiger partial charge >= 0.3 is 0 Å². The van der Waals surface area contributed by atoms with Crippen LogP contribution in [0.5, 0.6) is 0 Å². The number of aryl methyl sites for hydroxylation is 1. The summed E-state index contributed by atoms with van der Waals surface area (Å²) in [5.74, 6) is -1.35. The van der Waals surface area contributed by atoms with Gasteiger partial charge in [-0.1, -0.05) is 29.8 Å². The molecule has 1 saturated heterocycles. The lowest BCUT2D eigenvalue weighted by atomic mass is 10.1. The molecule has 4 amide bonds. The van der Waals surface area contributed by atoms with Crippen LogP contribution in [0, 0.1) is 12.8 Å². The maximum atomic E-state index is 13.1. The first-order chi connectivity index (χ1) is 16.9. The van der Waals surface area contributed by atoms with Crippen LogP contribution in [0.3, 0.4) is 0 Å². The number of anilines is 4. The first-order valence-electron chi connectivity index (χ1n) is 11.4. The zero-order chi connectivity index (χ0) is 24.5. The Kier molecular flexibility index (Phi) is 5.78. The molecular weight excluding hydrogens is 444 g/mol. The van der Waals surface area contributed by atoms with Crippen LogP contribution in [0.15, 0.2) is 72.8 Å². The van der Waals surface area contributed by atoms with E-state index in [1.165, 1.54) is 4.90 Å². The van der Waals surface area contributed by atoms with E-state index in [2.05, 4.69) is 10.6 Å². The summed E-state index contributed by atoms with van der Waals surface area (Å²) >= 11 is 0. The summed E-state index contributed by atoms with van der Waals surface area (Å²) in [5, 5.41) is 5.61. The standard InChI is InChI=1S/C27H24N4O4/c1-17-6-12-21(13-7-17)30-15-19(14-25(30)33)26(34)28-20-10-8-18(9-11-20)27(35)31-16-24(32)29-22-4-2-3-5-23(22)31/h2-13,19H,14-16H2,1H3,(H,28,34)(H,29,32). The highest BCUT2D eigenvalue weighted by Crippen LogP contribution is 2.30. The van der Waals surface area contributed by atoms with Crippen LogP contribution in [-0.2, 0) is 14.4 Å². The Balaban J connectivity index is 1.25. The van der Waals surface area contributed by atoms with Gasteiger partial charge in [-0.05, 0) is 55.5 Å². The molecule has 3 aromatic carbocycles. The number of nitrogens with zero attached hydrogens (tertiary/aromatic N) is 2. The fourth-order valence-electron chi connectivity index (χ4n) is 4.37. The van der Waals surface area contributed by atoms with Gasteiger partial charge in [0.25, 0.3) is 5.91 Å². The van der Waals surface area contributed by atoms with Crippen LogP contribution in [0.25, 0.3) is 0 Å². The first-order valence-corrected chi connectivity index (χ1v) is 11.4. The van der Waals surface area contributed by atoms with E-state index in [4.69, 9.17) is 0 Å². The predicted octanol–water partition coefficient (Wildman–Crippen LogP) is 3.59. The predicted molar refractivity (Wildman–Crippen MR) is 133 cm³/mol. The molecule has 0 aromatic heterocycles. The number of hydrogen-bond donors (Lipinski definition) is 2. The van der Waals surface area contributed by atoms with E-state index in [0.717, 1.165) is 11.3 Å². The van der Waals surface area contributed by atoms with Crippen molar-refractivity contribution in [3.63, 3.8) is 0 Å². The molecule has 1 atom stereocenters. The summed E-state index contributed by atoms with van der Waals surface area (Å²) in [7, 11) is 0. The van der Waals surface area contributed by atoms with Crippen molar-refractivity contribution in [2.75, 3.05) is 33.5 Å². The van der Waals surface area contributed by atoms with Crippen LogP contribution in [0.1, 0.15) is 22.3 Å². The Morgan fingerprint density at radius 2 is 1.66 bits per heavy atom. The highest BCUT2D eigenvalue weighted by Gasteiger charge is 2.35. The highest BCUT2D eigenvalue weighted by atomic mass is 16.2. The molecule has 8 nitrogen and oxygen atoms in total. The second-order valence-corrected chi connectivity index (χ2v) is 8.76. The minimum Gasteiger partial charge on any atom is -0.326 e. The number of amides is 4. The Morgan fingerprint density at radius 1 is 0.943 bits per heavy atom. The smallest absolute Gasteiger partial charge is 0.258 e. The van der Waals surface area contributed by atoms with Crippen LogP contribution < -0.4 is 20.4 Å². The third-order valence-corrected chi connectivity index (χ3v) is 6.26. The first kappa shape index (κ1) is 22.3. The molecule has 5 rings (SSSR count). The van der Waals surface area contributed by atoms with E-state index in [0.29, 0.717) is 29.2 Å². The monoisotopic (exact) mass is 468 g/mol. The minimum atomic E-state index is -0.464. The highest BCUT2D eigenvalue weighted by molar-refractivity contribution is 6.15. The van der Waals surface area contributed by atoms with E-state index >= 15 is 0 Å². The Hall–Kier alpha value is -4.46. The van der Waals surface area contributed by atoms with Gasteiger partial charge in [0.1, 0.15) is 6.54 Å². The van der Waals surface area contributed by atoms with Crippen molar-refractivity contribution in [2.24, 2.45) is 5.92 Å². The lowest BCUT2D eigenvalue weighted by Gasteiger charge is -2.29. The zero-order valence-electron chi connectivity index (χ0n) is 19.2. The van der Waals surface area contributed by atoms with Gasteiger partial charge in [0.2, 0.25) is 17.7 Å². The summed E-state index contributed by atoms with van der Waals surface area (Å²) in [5.41, 5.74) is 4.04. The van der Waals surface area contributed by atoms with Gasteiger partial charge in [0, 0.05) is 29.9 Å². The van der Waals surface area contributed by atoms with Crippen molar-refractivity contribution in [3.05, 3.63) is 83.9 Å². The van der Waals surface area contributed by atoms with Crippen LogP contribution in [0.4, 0.5) is 22.7 Å². The average Bonchev–Trinajstić information content (AvgIpc) is 3.25. The molecule has 0 spiro atoms. The van der Waals surface area contributed by atoms with Crippen molar-refractivity contribution in [3.8, 4) is 0 Å². The Bertz CT molecular complexity index is 1320. The lowest BCUT2D eigenvalue weighted by molar-refractivity contribution is -0.122. The largest absolute Gasteiger partial charge is 0.326 e. The number of carbonyl (C=O) groups excluding carboxylic acids is 4. The molecule has 176 valence electrons. The second kappa shape index (κ2) is 9.06. The number of benzene rings is 3. The molecule has 2 heterocycles. The Labute approximate surface area is 202 Å². The van der Waals surface area contributed by atoms with Gasteiger partial charge in [0.05, 0.1) is 17.3 Å². The molecular formula is C27H24N4O4. The van der Waals surface area contributed by atoms with E-state index in [9.17, 15) is 19.2 Å². The Morgan fingerprint density at radius 3 is 2.40 bits per heavy atom. The van der Waals surface area contributed by atoms with Gasteiger partial charge in [-0.3, -0.25) is 24.1 Å². The van der Waals surface area contributed by atoms with Crippen LogP contribution in [0.2, 0.25) is 0 Å². The topological polar surface area (TPSA) is 98.8 Å². The molecule has 8 heteroatoms. The normalized spacial score (nSPS) is 17.1. The van der Waals surface area contributed by atoms with Crippen LogP contribution in [-0.4, -0.2) is 36.7 Å². The number of hydrogen-bond acceptors (Lipinski definition) is 4. The summed E-state index contributed by atoms with van der Waals surface area (Å²) in [6.07, 6.45) is 0.146. The van der Waals surface area contributed by atoms with Gasteiger partial charge in [-0.15, -0.1) is 0 Å². The van der Waals surface area contributed by atoms with Crippen molar-refractivity contribution < 1.29 is 19.2 Å². The third kappa shape index (κ3) is 4.50. The quantitative estimate of drug-likeness (QED) is 0.611. The van der Waals surface area contributed by atoms with E-state index in [1.54, 1.807) is 47.4 Å². The van der Waals surface area contributed by atoms with Crippen molar-refractivity contribution in [2.45, 2.75) is 13.3 Å².